The monoisotopic (exact) mass is 356 g/mol. The molecule has 2 aromatic carbocycles. The third kappa shape index (κ3) is 3.85. The van der Waals surface area contributed by atoms with Crippen LogP contribution >= 0.6 is 0 Å². The van der Waals surface area contributed by atoms with Crippen LogP contribution in [0.15, 0.2) is 48.5 Å². The largest absolute Gasteiger partial charge is 0.496 e. The summed E-state index contributed by atoms with van der Waals surface area (Å²) in [5.41, 5.74) is 0.637. The molecule has 5 nitrogen and oxygen atoms in total. The molecule has 1 aliphatic rings. The second-order valence-electron chi connectivity index (χ2n) is 6.39. The van der Waals surface area contributed by atoms with Crippen LogP contribution in [0.25, 0.3) is 0 Å². The molecule has 0 spiro atoms. The van der Waals surface area contributed by atoms with Gasteiger partial charge in [0.05, 0.1) is 7.11 Å². The second kappa shape index (κ2) is 7.56. The van der Waals surface area contributed by atoms with Crippen molar-refractivity contribution in [3.05, 3.63) is 65.5 Å². The lowest BCUT2D eigenvalue weighted by molar-refractivity contribution is -0.137. The Morgan fingerprint density at radius 1 is 1.00 bits per heavy atom. The number of halogens is 1. The topological polar surface area (TPSA) is 67.4 Å². The van der Waals surface area contributed by atoms with Crippen molar-refractivity contribution >= 4 is 11.8 Å². The highest BCUT2D eigenvalue weighted by molar-refractivity contribution is 6.07. The van der Waals surface area contributed by atoms with Crippen LogP contribution in [0.2, 0.25) is 0 Å². The molecule has 1 fully saturated rings. The number of nitrogens with one attached hydrogen (secondary N) is 2. The first-order chi connectivity index (χ1) is 12.5. The van der Waals surface area contributed by atoms with E-state index >= 15 is 0 Å². The number of para-hydroxylation sites is 1. The summed E-state index contributed by atoms with van der Waals surface area (Å²) in [5.74, 6) is -0.202. The fourth-order valence-corrected chi connectivity index (χ4v) is 2.83. The summed E-state index contributed by atoms with van der Waals surface area (Å²) in [5, 5.41) is 5.61. The first kappa shape index (κ1) is 17.9. The van der Waals surface area contributed by atoms with Crippen LogP contribution in [0, 0.1) is 11.2 Å². The lowest BCUT2D eigenvalue weighted by atomic mass is 10.0. The molecule has 0 saturated heterocycles. The van der Waals surface area contributed by atoms with Crippen molar-refractivity contribution < 1.29 is 18.7 Å². The van der Waals surface area contributed by atoms with Crippen molar-refractivity contribution in [3.8, 4) is 5.75 Å². The molecular weight excluding hydrogens is 335 g/mol. The molecule has 0 aliphatic heterocycles. The van der Waals surface area contributed by atoms with Gasteiger partial charge in [-0.2, -0.15) is 0 Å². The van der Waals surface area contributed by atoms with Crippen LogP contribution in [0.3, 0.4) is 0 Å². The van der Waals surface area contributed by atoms with Gasteiger partial charge in [-0.15, -0.1) is 0 Å². The molecule has 2 aromatic rings. The number of ether oxygens (including phenoxy) is 1. The summed E-state index contributed by atoms with van der Waals surface area (Å²) >= 11 is 0. The zero-order valence-corrected chi connectivity index (χ0v) is 14.5. The number of amides is 2. The molecule has 2 amide bonds. The molecule has 0 heterocycles. The van der Waals surface area contributed by atoms with Crippen molar-refractivity contribution in [2.75, 3.05) is 7.11 Å². The Bertz CT molecular complexity index is 801. The van der Waals surface area contributed by atoms with Crippen LogP contribution in [0.4, 0.5) is 4.39 Å². The van der Waals surface area contributed by atoms with Crippen molar-refractivity contribution in [2.24, 2.45) is 5.41 Å². The van der Waals surface area contributed by atoms with E-state index in [0.29, 0.717) is 25.1 Å². The highest BCUT2D eigenvalue weighted by Gasteiger charge is 2.56. The molecule has 6 heteroatoms. The van der Waals surface area contributed by atoms with Gasteiger partial charge in [-0.1, -0.05) is 30.3 Å². The van der Waals surface area contributed by atoms with E-state index in [2.05, 4.69) is 10.6 Å². The fraction of sp³-hybridized carbons (Fsp3) is 0.300. The number of carbonyl (C=O) groups is 2. The maximum Gasteiger partial charge on any atom is 0.235 e. The molecule has 2 N–H and O–H groups in total. The Morgan fingerprint density at radius 3 is 2.23 bits per heavy atom. The lowest BCUT2D eigenvalue weighted by Crippen LogP contribution is -2.42. The van der Waals surface area contributed by atoms with Crippen molar-refractivity contribution in [1.82, 2.24) is 10.6 Å². The number of benzene rings is 2. The molecular formula is C20H21FN2O3. The number of hydrogen-bond acceptors (Lipinski definition) is 3. The molecule has 1 aliphatic carbocycles. The standard InChI is InChI=1S/C20H21FN2O3/c1-26-17-5-3-2-4-15(17)13-23-19(25)20(10-11-20)18(24)22-12-14-6-8-16(21)9-7-14/h2-9H,10-13H2,1H3,(H,22,24)(H,23,25). The summed E-state index contributed by atoms with van der Waals surface area (Å²) in [6, 6.07) is 13.3. The number of carbonyl (C=O) groups excluding carboxylic acids is 2. The quantitative estimate of drug-likeness (QED) is 0.749. The smallest absolute Gasteiger partial charge is 0.235 e. The summed E-state index contributed by atoms with van der Waals surface area (Å²) < 4.78 is 18.2. The van der Waals surface area contributed by atoms with Gasteiger partial charge in [0, 0.05) is 18.7 Å². The molecule has 3 rings (SSSR count). The second-order valence-corrected chi connectivity index (χ2v) is 6.39. The molecule has 136 valence electrons. The van der Waals surface area contributed by atoms with E-state index in [-0.39, 0.29) is 24.2 Å². The van der Waals surface area contributed by atoms with Gasteiger partial charge in [-0.25, -0.2) is 4.39 Å². The first-order valence-corrected chi connectivity index (χ1v) is 8.48. The lowest BCUT2D eigenvalue weighted by Gasteiger charge is -2.16. The summed E-state index contributed by atoms with van der Waals surface area (Å²) in [7, 11) is 1.58. The maximum absolute atomic E-state index is 12.9. The Morgan fingerprint density at radius 2 is 1.62 bits per heavy atom. The number of rotatable bonds is 7. The molecule has 26 heavy (non-hydrogen) atoms. The van der Waals surface area contributed by atoms with Crippen molar-refractivity contribution in [2.45, 2.75) is 25.9 Å². The maximum atomic E-state index is 12.9. The van der Waals surface area contributed by atoms with Crippen molar-refractivity contribution in [3.63, 3.8) is 0 Å². The van der Waals surface area contributed by atoms with Gasteiger partial charge < -0.3 is 15.4 Å². The van der Waals surface area contributed by atoms with Gasteiger partial charge in [-0.3, -0.25) is 9.59 Å². The Hall–Kier alpha value is -2.89. The Balaban J connectivity index is 1.56. The minimum atomic E-state index is -0.998. The minimum Gasteiger partial charge on any atom is -0.496 e. The number of methoxy groups -OCH3 is 1. The predicted octanol–water partition coefficient (Wildman–Crippen LogP) is 2.55. The zero-order valence-electron chi connectivity index (χ0n) is 14.5. The van der Waals surface area contributed by atoms with Gasteiger partial charge in [0.15, 0.2) is 0 Å². The predicted molar refractivity (Wildman–Crippen MR) is 94.8 cm³/mol. The average Bonchev–Trinajstić information content (AvgIpc) is 3.47. The van der Waals surface area contributed by atoms with Crippen LogP contribution in [0.1, 0.15) is 24.0 Å². The van der Waals surface area contributed by atoms with E-state index in [0.717, 1.165) is 11.1 Å². The van der Waals surface area contributed by atoms with Crippen molar-refractivity contribution in [1.29, 1.82) is 0 Å². The van der Waals surface area contributed by atoms with Gasteiger partial charge in [-0.05, 0) is 36.6 Å². The van der Waals surface area contributed by atoms with Gasteiger partial charge >= 0.3 is 0 Å². The molecule has 1 saturated carbocycles. The Labute approximate surface area is 151 Å². The van der Waals surface area contributed by atoms with Crippen LogP contribution in [-0.4, -0.2) is 18.9 Å². The van der Waals surface area contributed by atoms with Gasteiger partial charge in [0.1, 0.15) is 17.0 Å². The van der Waals surface area contributed by atoms with Crippen LogP contribution in [-0.2, 0) is 22.7 Å². The average molecular weight is 356 g/mol. The molecule has 0 radical (unpaired) electrons. The number of hydrogen-bond donors (Lipinski definition) is 2. The van der Waals surface area contributed by atoms with E-state index < -0.39 is 5.41 Å². The summed E-state index contributed by atoms with van der Waals surface area (Å²) in [4.78, 5) is 25.0. The highest BCUT2D eigenvalue weighted by atomic mass is 19.1. The normalized spacial score (nSPS) is 14.4. The van der Waals surface area contributed by atoms with Gasteiger partial charge in [0.25, 0.3) is 0 Å². The van der Waals surface area contributed by atoms with E-state index in [1.165, 1.54) is 12.1 Å². The summed E-state index contributed by atoms with van der Waals surface area (Å²) in [6.07, 6.45) is 1.06. The van der Waals surface area contributed by atoms with E-state index in [1.807, 2.05) is 24.3 Å². The van der Waals surface area contributed by atoms with E-state index in [9.17, 15) is 14.0 Å². The SMILES string of the molecule is COc1ccccc1CNC(=O)C1(C(=O)NCc2ccc(F)cc2)CC1. The van der Waals surface area contributed by atoms with Crippen LogP contribution < -0.4 is 15.4 Å². The molecule has 0 atom stereocenters. The highest BCUT2D eigenvalue weighted by Crippen LogP contribution is 2.46. The van der Waals surface area contributed by atoms with Crippen LogP contribution in [0.5, 0.6) is 5.75 Å². The fourth-order valence-electron chi connectivity index (χ4n) is 2.83. The third-order valence-electron chi connectivity index (χ3n) is 4.62. The molecule has 0 bridgehead atoms. The first-order valence-electron chi connectivity index (χ1n) is 8.48. The van der Waals surface area contributed by atoms with E-state index in [4.69, 9.17) is 4.74 Å². The Kier molecular flexibility index (Phi) is 5.21. The molecule has 0 unspecified atom stereocenters. The minimum absolute atomic E-state index is 0.265. The molecule has 0 aromatic heterocycles. The summed E-state index contributed by atoms with van der Waals surface area (Å²) in [6.45, 7) is 0.566. The third-order valence-corrected chi connectivity index (χ3v) is 4.62. The zero-order chi connectivity index (χ0) is 18.6. The van der Waals surface area contributed by atoms with E-state index in [1.54, 1.807) is 19.2 Å². The van der Waals surface area contributed by atoms with Gasteiger partial charge in [0.2, 0.25) is 11.8 Å².